The standard InChI is InChI=1S/C42H55N/c1-28(2)13-12-14-29(3)36-21-22-37-34-20-19-33-25-35-32(26-42(33,5)38(34)23-24-41(36,37)4)27-43-40(31-17-10-7-11-18-31)39(35)30-15-8-6-9-16-30/h6-11,15-18,27-29,33-34,36-38H,12-14,19-26H2,1-5H3/t29-,33+,34-,36?,37+,38+,41-,42+/m1/s1. The molecule has 8 atom stereocenters. The van der Waals surface area contributed by atoms with E-state index in [9.17, 15) is 0 Å². The fourth-order valence-electron chi connectivity index (χ4n) is 11.5. The number of hydrogen-bond acceptors (Lipinski definition) is 1. The van der Waals surface area contributed by atoms with Crippen LogP contribution >= 0.6 is 0 Å². The largest absolute Gasteiger partial charge is 0.255 e. The van der Waals surface area contributed by atoms with E-state index < -0.39 is 0 Å². The summed E-state index contributed by atoms with van der Waals surface area (Å²) in [7, 11) is 0. The lowest BCUT2D eigenvalue weighted by atomic mass is 9.44. The third kappa shape index (κ3) is 5.02. The van der Waals surface area contributed by atoms with Gasteiger partial charge in [-0.15, -0.1) is 0 Å². The van der Waals surface area contributed by atoms with E-state index in [1.165, 1.54) is 92.9 Å². The van der Waals surface area contributed by atoms with Crippen molar-refractivity contribution in [1.29, 1.82) is 0 Å². The first-order chi connectivity index (χ1) is 20.8. The van der Waals surface area contributed by atoms with Gasteiger partial charge in [0, 0.05) is 17.3 Å². The molecule has 0 aliphatic heterocycles. The molecule has 2 aromatic carbocycles. The number of nitrogens with zero attached hydrogens (tertiary/aromatic N) is 1. The van der Waals surface area contributed by atoms with Crippen molar-refractivity contribution in [3.05, 3.63) is 78.0 Å². The maximum Gasteiger partial charge on any atom is 0.0783 e. The Kier molecular flexibility index (Phi) is 7.84. The van der Waals surface area contributed by atoms with Crippen LogP contribution in [0.5, 0.6) is 0 Å². The number of benzene rings is 2. The molecule has 0 bridgehead atoms. The first-order valence-electron chi connectivity index (χ1n) is 17.9. The van der Waals surface area contributed by atoms with E-state index in [1.807, 2.05) is 0 Å². The molecule has 3 aromatic rings. The van der Waals surface area contributed by atoms with Gasteiger partial charge in [0.1, 0.15) is 0 Å². The summed E-state index contributed by atoms with van der Waals surface area (Å²) in [5, 5.41) is 0. The van der Waals surface area contributed by atoms with Crippen molar-refractivity contribution in [1.82, 2.24) is 4.98 Å². The maximum absolute atomic E-state index is 5.24. The van der Waals surface area contributed by atoms with E-state index in [2.05, 4.69) is 101 Å². The molecule has 1 nitrogen and oxygen atoms in total. The molecule has 228 valence electrons. The highest BCUT2D eigenvalue weighted by Gasteiger charge is 2.60. The first-order valence-corrected chi connectivity index (χ1v) is 17.9. The molecule has 0 spiro atoms. The van der Waals surface area contributed by atoms with E-state index in [-0.39, 0.29) is 0 Å². The van der Waals surface area contributed by atoms with Gasteiger partial charge in [0.2, 0.25) is 0 Å². The van der Waals surface area contributed by atoms with Crippen LogP contribution in [0.15, 0.2) is 66.9 Å². The molecule has 1 heteroatoms. The quantitative estimate of drug-likeness (QED) is 0.274. The Balaban J connectivity index is 1.18. The van der Waals surface area contributed by atoms with E-state index in [4.69, 9.17) is 4.98 Å². The lowest BCUT2D eigenvalue weighted by molar-refractivity contribution is -0.103. The van der Waals surface area contributed by atoms with Crippen LogP contribution in [0.1, 0.15) is 104 Å². The Morgan fingerprint density at radius 2 is 1.47 bits per heavy atom. The fraction of sp³-hybridized carbons (Fsp3) is 0.595. The Bertz CT molecular complexity index is 1410. The van der Waals surface area contributed by atoms with Gasteiger partial charge in [-0.3, -0.25) is 4.98 Å². The molecule has 43 heavy (non-hydrogen) atoms. The third-order valence-electron chi connectivity index (χ3n) is 13.7. The van der Waals surface area contributed by atoms with Gasteiger partial charge in [-0.2, -0.15) is 0 Å². The minimum absolute atomic E-state index is 0.405. The maximum atomic E-state index is 5.24. The number of aromatic nitrogens is 1. The molecule has 3 saturated carbocycles. The van der Waals surface area contributed by atoms with Crippen molar-refractivity contribution in [3.63, 3.8) is 0 Å². The molecule has 0 saturated heterocycles. The fourth-order valence-corrected chi connectivity index (χ4v) is 11.5. The Morgan fingerprint density at radius 1 is 0.767 bits per heavy atom. The average Bonchev–Trinajstić information content (AvgIpc) is 3.37. The molecule has 0 radical (unpaired) electrons. The topological polar surface area (TPSA) is 12.9 Å². The highest BCUT2D eigenvalue weighted by atomic mass is 14.7. The molecule has 7 rings (SSSR count). The van der Waals surface area contributed by atoms with Crippen LogP contribution in [0, 0.1) is 52.3 Å². The zero-order valence-electron chi connectivity index (χ0n) is 27.6. The summed E-state index contributed by atoms with van der Waals surface area (Å²) in [5.41, 5.74) is 9.23. The number of pyridine rings is 1. The van der Waals surface area contributed by atoms with Crippen LogP contribution in [0.2, 0.25) is 0 Å². The molecule has 4 aliphatic rings. The summed E-state index contributed by atoms with van der Waals surface area (Å²) in [4.78, 5) is 5.24. The minimum Gasteiger partial charge on any atom is -0.255 e. The molecule has 1 unspecified atom stereocenters. The monoisotopic (exact) mass is 573 g/mol. The normalized spacial score (nSPS) is 33.8. The summed E-state index contributed by atoms with van der Waals surface area (Å²) in [6, 6.07) is 22.0. The second kappa shape index (κ2) is 11.5. The zero-order chi connectivity index (χ0) is 29.8. The predicted molar refractivity (Wildman–Crippen MR) is 182 cm³/mol. The second-order valence-corrected chi connectivity index (χ2v) is 16.3. The summed E-state index contributed by atoms with van der Waals surface area (Å²) < 4.78 is 0. The molecule has 1 aromatic heterocycles. The van der Waals surface area contributed by atoms with Crippen LogP contribution in [-0.2, 0) is 12.8 Å². The van der Waals surface area contributed by atoms with Gasteiger partial charge in [0.05, 0.1) is 5.69 Å². The Labute approximate surface area is 262 Å². The number of rotatable bonds is 7. The van der Waals surface area contributed by atoms with Gasteiger partial charge < -0.3 is 0 Å². The molecular formula is C42H55N. The van der Waals surface area contributed by atoms with Crippen molar-refractivity contribution >= 4 is 0 Å². The Morgan fingerprint density at radius 3 is 2.19 bits per heavy atom. The van der Waals surface area contributed by atoms with Crippen LogP contribution in [0.3, 0.4) is 0 Å². The summed E-state index contributed by atoms with van der Waals surface area (Å²) in [6.07, 6.45) is 17.8. The highest BCUT2D eigenvalue weighted by molar-refractivity contribution is 5.84. The second-order valence-electron chi connectivity index (χ2n) is 16.3. The van der Waals surface area contributed by atoms with Gasteiger partial charge in [-0.05, 0) is 120 Å². The zero-order valence-corrected chi connectivity index (χ0v) is 27.6. The lowest BCUT2D eigenvalue weighted by Gasteiger charge is -2.61. The number of hydrogen-bond donors (Lipinski definition) is 0. The van der Waals surface area contributed by atoms with Crippen LogP contribution in [0.4, 0.5) is 0 Å². The van der Waals surface area contributed by atoms with Gasteiger partial charge in [-0.1, -0.05) is 115 Å². The van der Waals surface area contributed by atoms with E-state index in [0.717, 1.165) is 47.1 Å². The van der Waals surface area contributed by atoms with Crippen LogP contribution < -0.4 is 0 Å². The smallest absolute Gasteiger partial charge is 0.0783 e. The highest BCUT2D eigenvalue weighted by Crippen LogP contribution is 2.68. The van der Waals surface area contributed by atoms with Crippen molar-refractivity contribution < 1.29 is 0 Å². The van der Waals surface area contributed by atoms with E-state index in [1.54, 1.807) is 5.56 Å². The van der Waals surface area contributed by atoms with Crippen molar-refractivity contribution in [2.75, 3.05) is 0 Å². The van der Waals surface area contributed by atoms with Crippen molar-refractivity contribution in [2.24, 2.45) is 52.3 Å². The van der Waals surface area contributed by atoms with Gasteiger partial charge in [-0.25, -0.2) is 0 Å². The van der Waals surface area contributed by atoms with Crippen molar-refractivity contribution in [3.8, 4) is 22.4 Å². The van der Waals surface area contributed by atoms with Gasteiger partial charge in [0.15, 0.2) is 0 Å². The molecule has 4 aliphatic carbocycles. The van der Waals surface area contributed by atoms with E-state index in [0.29, 0.717) is 10.8 Å². The summed E-state index contributed by atoms with van der Waals surface area (Å²) in [6.45, 7) is 12.9. The van der Waals surface area contributed by atoms with Crippen LogP contribution in [0.25, 0.3) is 22.4 Å². The minimum atomic E-state index is 0.405. The third-order valence-corrected chi connectivity index (χ3v) is 13.7. The molecule has 1 heterocycles. The molecule has 3 fully saturated rings. The number of fused-ring (bicyclic) bond motifs is 6. The average molecular weight is 574 g/mol. The first kappa shape index (κ1) is 29.3. The van der Waals surface area contributed by atoms with Crippen LogP contribution in [-0.4, -0.2) is 4.98 Å². The molecular weight excluding hydrogens is 518 g/mol. The summed E-state index contributed by atoms with van der Waals surface area (Å²) in [5.74, 6) is 6.21. The predicted octanol–water partition coefficient (Wildman–Crippen LogP) is 11.5. The van der Waals surface area contributed by atoms with E-state index >= 15 is 0 Å². The molecule has 0 amide bonds. The SMILES string of the molecule is CC(C)CCC[C@@H](C)C1CC[C@H]2[C@H]3CC[C@H]4Cc5c(cnc(-c6ccccc6)c5-c5ccccc5)C[C@]4(C)[C@H]3CC[C@]12C. The van der Waals surface area contributed by atoms with Crippen molar-refractivity contribution in [2.45, 2.75) is 105 Å². The lowest BCUT2D eigenvalue weighted by Crippen LogP contribution is -2.54. The summed E-state index contributed by atoms with van der Waals surface area (Å²) >= 11 is 0. The van der Waals surface area contributed by atoms with Gasteiger partial charge in [0.25, 0.3) is 0 Å². The van der Waals surface area contributed by atoms with Gasteiger partial charge >= 0.3 is 0 Å². The Hall–Kier alpha value is -2.41. The molecule has 0 N–H and O–H groups in total.